The van der Waals surface area contributed by atoms with Crippen LogP contribution in [0.2, 0.25) is 0 Å². The Morgan fingerprint density at radius 3 is 2.67 bits per heavy atom. The molecule has 1 fully saturated rings. The number of nitrogens with zero attached hydrogens (tertiary/aromatic N) is 1. The van der Waals surface area contributed by atoms with Gasteiger partial charge in [0.2, 0.25) is 0 Å². The van der Waals surface area contributed by atoms with Gasteiger partial charge in [-0.25, -0.2) is 0 Å². The average Bonchev–Trinajstić information content (AvgIpc) is 3.19. The zero-order valence-corrected chi connectivity index (χ0v) is 15.3. The zero-order chi connectivity index (χ0) is 17.4. The molecule has 0 aromatic carbocycles. The summed E-state index contributed by atoms with van der Waals surface area (Å²) >= 11 is 0. The number of carbonyl (C=O) groups excluding carboxylic acids is 1. The molecule has 1 atom stereocenters. The minimum atomic E-state index is -0.174. The topological polar surface area (TPSA) is 42.7 Å². The second kappa shape index (κ2) is 9.67. The molecular formula is C20H31NO3. The van der Waals surface area contributed by atoms with Crippen molar-refractivity contribution in [3.05, 3.63) is 18.2 Å². The summed E-state index contributed by atoms with van der Waals surface area (Å²) in [5.41, 5.74) is 1.40. The largest absolute Gasteiger partial charge is 0.453 e. The quantitative estimate of drug-likeness (QED) is 0.412. The van der Waals surface area contributed by atoms with Crippen molar-refractivity contribution >= 4 is 17.1 Å². The van der Waals surface area contributed by atoms with Gasteiger partial charge in [0.1, 0.15) is 5.58 Å². The lowest BCUT2D eigenvalue weighted by Gasteiger charge is -2.31. The normalized spacial score (nSPS) is 18.4. The summed E-state index contributed by atoms with van der Waals surface area (Å²) in [6.07, 6.45) is 9.16. The molecule has 4 nitrogen and oxygen atoms in total. The molecule has 0 amide bonds. The lowest BCUT2D eigenvalue weighted by Crippen LogP contribution is -2.35. The Labute approximate surface area is 145 Å². The number of furan rings is 2. The fraction of sp³-hybridized carbons (Fsp3) is 0.650. The molecule has 3 heterocycles. The van der Waals surface area contributed by atoms with E-state index in [0.29, 0.717) is 17.8 Å². The molecule has 0 saturated carbocycles. The Kier molecular flexibility index (Phi) is 7.57. The Morgan fingerprint density at radius 1 is 1.29 bits per heavy atom. The van der Waals surface area contributed by atoms with Gasteiger partial charge in [0, 0.05) is 18.5 Å². The van der Waals surface area contributed by atoms with E-state index in [1.165, 1.54) is 32.2 Å². The maximum Gasteiger partial charge on any atom is 0.311 e. The maximum atomic E-state index is 11.4. The lowest BCUT2D eigenvalue weighted by molar-refractivity contribution is -0.134. The van der Waals surface area contributed by atoms with Crippen molar-refractivity contribution in [1.82, 2.24) is 4.90 Å². The van der Waals surface area contributed by atoms with E-state index in [9.17, 15) is 4.79 Å². The van der Waals surface area contributed by atoms with Gasteiger partial charge in [-0.2, -0.15) is 0 Å². The minimum Gasteiger partial charge on any atom is -0.453 e. The van der Waals surface area contributed by atoms with Crippen LogP contribution >= 0.6 is 0 Å². The smallest absolute Gasteiger partial charge is 0.311 e. The number of ether oxygens (including phenoxy) is 1. The van der Waals surface area contributed by atoms with Gasteiger partial charge in [-0.1, -0.05) is 33.1 Å². The number of unbranched alkanes of at least 4 members (excludes halogenated alkanes) is 2. The molecular weight excluding hydrogens is 302 g/mol. The summed E-state index contributed by atoms with van der Waals surface area (Å²) in [5, 5.41) is 0. The van der Waals surface area contributed by atoms with E-state index in [4.69, 9.17) is 9.15 Å². The van der Waals surface area contributed by atoms with Gasteiger partial charge >= 0.3 is 5.97 Å². The average molecular weight is 333 g/mol. The number of esters is 1. The molecule has 0 radical (unpaired) electrons. The first-order chi connectivity index (χ1) is 11.6. The van der Waals surface area contributed by atoms with Gasteiger partial charge in [-0.15, -0.1) is 0 Å². The van der Waals surface area contributed by atoms with Crippen LogP contribution in [0.1, 0.15) is 65.2 Å². The van der Waals surface area contributed by atoms with Crippen LogP contribution in [0, 0.1) is 0 Å². The molecule has 0 spiro atoms. The second-order valence-corrected chi connectivity index (χ2v) is 6.68. The molecule has 0 aliphatic carbocycles. The molecule has 1 unspecified atom stereocenters. The predicted octanol–water partition coefficient (Wildman–Crippen LogP) is 5.24. The van der Waals surface area contributed by atoms with Crippen LogP contribution in [0.4, 0.5) is 0 Å². The molecule has 1 aliphatic rings. The van der Waals surface area contributed by atoms with E-state index in [1.54, 1.807) is 6.07 Å². The number of rotatable bonds is 6. The third-order valence-electron chi connectivity index (χ3n) is 4.74. The van der Waals surface area contributed by atoms with Crippen molar-refractivity contribution < 1.29 is 13.9 Å². The third kappa shape index (κ3) is 5.52. The molecule has 2 aromatic rings. The maximum absolute atomic E-state index is 11.4. The molecule has 134 valence electrons. The van der Waals surface area contributed by atoms with Crippen molar-refractivity contribution in [2.24, 2.45) is 0 Å². The van der Waals surface area contributed by atoms with Crippen molar-refractivity contribution in [1.29, 1.82) is 0 Å². The van der Waals surface area contributed by atoms with Crippen molar-refractivity contribution in [3.63, 3.8) is 0 Å². The van der Waals surface area contributed by atoms with Crippen LogP contribution in [0.3, 0.4) is 0 Å². The standard InChI is InChI=1S/C12H14O3.C8H17N/c1-2-3-4-5-12(13)15-11-8-9-6-7-10(11)14-9;1-3-8-6-4-5-7-9(8)2/h6-8H,2-5H2,1H3;8H,3-7H2,1-2H3. The molecule has 2 aromatic heterocycles. The van der Waals surface area contributed by atoms with Gasteiger partial charge in [-0.05, 0) is 51.4 Å². The monoisotopic (exact) mass is 333 g/mol. The van der Waals surface area contributed by atoms with Gasteiger partial charge in [0.05, 0.1) is 0 Å². The first-order valence-electron chi connectivity index (χ1n) is 9.36. The number of benzene rings is 1. The molecule has 1 aliphatic heterocycles. The molecule has 0 N–H and O–H groups in total. The zero-order valence-electron chi connectivity index (χ0n) is 15.3. The number of hydrogen-bond acceptors (Lipinski definition) is 4. The number of piperidine rings is 1. The third-order valence-corrected chi connectivity index (χ3v) is 4.74. The van der Waals surface area contributed by atoms with Crippen molar-refractivity contribution in [2.75, 3.05) is 13.6 Å². The van der Waals surface area contributed by atoms with Gasteiger partial charge in [-0.3, -0.25) is 4.79 Å². The Balaban J connectivity index is 0.000000198. The summed E-state index contributed by atoms with van der Waals surface area (Å²) in [4.78, 5) is 13.9. The van der Waals surface area contributed by atoms with E-state index in [1.807, 2.05) is 12.1 Å². The van der Waals surface area contributed by atoms with Crippen LogP contribution in [0.15, 0.2) is 22.6 Å². The molecule has 1 saturated heterocycles. The number of hydrogen-bond donors (Lipinski definition) is 0. The van der Waals surface area contributed by atoms with Crippen LogP contribution in [0.5, 0.6) is 5.75 Å². The van der Waals surface area contributed by atoms with Crippen LogP contribution in [-0.4, -0.2) is 30.5 Å². The second-order valence-electron chi connectivity index (χ2n) is 6.68. The van der Waals surface area contributed by atoms with Crippen LogP contribution in [-0.2, 0) is 4.79 Å². The highest BCUT2D eigenvalue weighted by Gasteiger charge is 2.15. The summed E-state index contributed by atoms with van der Waals surface area (Å²) in [5.74, 6) is 0.376. The molecule has 2 bridgehead atoms. The minimum absolute atomic E-state index is 0.174. The van der Waals surface area contributed by atoms with E-state index in [0.717, 1.165) is 30.9 Å². The summed E-state index contributed by atoms with van der Waals surface area (Å²) < 4.78 is 10.4. The Morgan fingerprint density at radius 2 is 2.12 bits per heavy atom. The number of likely N-dealkylation sites (tertiary alicyclic amines) is 1. The Bertz CT molecular complexity index is 592. The summed E-state index contributed by atoms with van der Waals surface area (Å²) in [7, 11) is 2.24. The summed E-state index contributed by atoms with van der Waals surface area (Å²) in [6.45, 7) is 5.71. The fourth-order valence-corrected chi connectivity index (χ4v) is 3.20. The highest BCUT2D eigenvalue weighted by Crippen LogP contribution is 2.29. The summed E-state index contributed by atoms with van der Waals surface area (Å²) in [6, 6.07) is 6.29. The molecule has 24 heavy (non-hydrogen) atoms. The fourth-order valence-electron chi connectivity index (χ4n) is 3.20. The number of carbonyl (C=O) groups is 1. The van der Waals surface area contributed by atoms with E-state index in [2.05, 4.69) is 25.8 Å². The van der Waals surface area contributed by atoms with E-state index < -0.39 is 0 Å². The number of fused-ring (bicyclic) bond motifs is 2. The first-order valence-corrected chi connectivity index (χ1v) is 9.36. The van der Waals surface area contributed by atoms with E-state index >= 15 is 0 Å². The van der Waals surface area contributed by atoms with Gasteiger partial charge in [0.25, 0.3) is 0 Å². The van der Waals surface area contributed by atoms with Crippen LogP contribution < -0.4 is 4.74 Å². The predicted molar refractivity (Wildman–Crippen MR) is 97.7 cm³/mol. The lowest BCUT2D eigenvalue weighted by atomic mass is 10.0. The van der Waals surface area contributed by atoms with Crippen molar-refractivity contribution in [2.45, 2.75) is 71.3 Å². The highest BCUT2D eigenvalue weighted by atomic mass is 16.5. The Hall–Kier alpha value is -1.55. The highest BCUT2D eigenvalue weighted by molar-refractivity contribution is 5.78. The van der Waals surface area contributed by atoms with Crippen molar-refractivity contribution in [3.8, 4) is 5.75 Å². The van der Waals surface area contributed by atoms with Crippen LogP contribution in [0.25, 0.3) is 11.2 Å². The first kappa shape index (κ1) is 18.8. The van der Waals surface area contributed by atoms with Gasteiger partial charge in [0.15, 0.2) is 11.3 Å². The van der Waals surface area contributed by atoms with Gasteiger partial charge < -0.3 is 14.1 Å². The van der Waals surface area contributed by atoms with E-state index in [-0.39, 0.29) is 5.97 Å². The SMILES string of the molecule is CCC1CCCCN1C.CCCCCC(=O)Oc1cc2ccc1o2. The molecule has 4 heteroatoms. The molecule has 3 rings (SSSR count).